The lowest BCUT2D eigenvalue weighted by Crippen LogP contribution is -1.98. The molecule has 0 amide bonds. The minimum Gasteiger partial charge on any atom is -0.236 e. The van der Waals surface area contributed by atoms with Gasteiger partial charge in [0.05, 0.1) is 21.7 Å². The van der Waals surface area contributed by atoms with Gasteiger partial charge in [-0.1, -0.05) is 0 Å². The number of fused-ring (bicyclic) bond motifs is 1. The predicted octanol–water partition coefficient (Wildman–Crippen LogP) is 4.61. The molecule has 0 fully saturated rings. The smallest absolute Gasteiger partial charge is 0.236 e. The third kappa shape index (κ3) is 3.32. The van der Waals surface area contributed by atoms with Crippen molar-refractivity contribution in [3.63, 3.8) is 0 Å². The fourth-order valence-electron chi connectivity index (χ4n) is 2.53. The number of benzene rings is 2. The first-order chi connectivity index (χ1) is 11.7. The van der Waals surface area contributed by atoms with Crippen LogP contribution in [0.15, 0.2) is 41.6 Å². The van der Waals surface area contributed by atoms with Crippen LogP contribution in [-0.2, 0) is 9.05 Å². The van der Waals surface area contributed by atoms with Crippen molar-refractivity contribution in [2.24, 2.45) is 0 Å². The molecule has 25 heavy (non-hydrogen) atoms. The molecular formula is C16H10ClF3N2O2S. The lowest BCUT2D eigenvalue weighted by atomic mass is 9.99. The normalized spacial score (nSPS) is 12.1. The highest BCUT2D eigenvalue weighted by atomic mass is 35.7. The molecule has 0 aliphatic carbocycles. The molecule has 0 radical (unpaired) electrons. The topological polar surface area (TPSA) is 59.9 Å². The van der Waals surface area contributed by atoms with Crippen LogP contribution in [0.4, 0.5) is 13.2 Å². The van der Waals surface area contributed by atoms with Crippen LogP contribution in [0.25, 0.3) is 22.2 Å². The Labute approximate surface area is 145 Å². The summed E-state index contributed by atoms with van der Waals surface area (Å²) in [6, 6.07) is 6.04. The number of hydrogen-bond donors (Lipinski definition) is 0. The molecule has 3 aromatic rings. The molecule has 0 bridgehead atoms. The zero-order chi connectivity index (χ0) is 18.4. The molecule has 0 aliphatic heterocycles. The van der Waals surface area contributed by atoms with Crippen LogP contribution < -0.4 is 0 Å². The molecule has 0 aliphatic rings. The van der Waals surface area contributed by atoms with Gasteiger partial charge in [0.15, 0.2) is 0 Å². The zero-order valence-electron chi connectivity index (χ0n) is 12.7. The quantitative estimate of drug-likeness (QED) is 0.617. The summed E-state index contributed by atoms with van der Waals surface area (Å²) in [6.07, 6.45) is -1.74. The Morgan fingerprint density at radius 3 is 2.48 bits per heavy atom. The van der Waals surface area contributed by atoms with Crippen LogP contribution in [0.1, 0.15) is 17.6 Å². The maximum Gasteiger partial charge on any atom is 0.266 e. The van der Waals surface area contributed by atoms with Crippen molar-refractivity contribution in [3.8, 4) is 11.3 Å². The minimum atomic E-state index is -3.93. The van der Waals surface area contributed by atoms with E-state index < -0.39 is 26.9 Å². The first-order valence-corrected chi connectivity index (χ1v) is 9.27. The van der Waals surface area contributed by atoms with Crippen molar-refractivity contribution < 1.29 is 21.6 Å². The van der Waals surface area contributed by atoms with E-state index in [2.05, 4.69) is 9.97 Å². The van der Waals surface area contributed by atoms with Gasteiger partial charge in [0.2, 0.25) is 0 Å². The van der Waals surface area contributed by atoms with E-state index in [9.17, 15) is 21.6 Å². The second-order valence-electron chi connectivity index (χ2n) is 5.33. The van der Waals surface area contributed by atoms with Crippen LogP contribution in [0, 0.1) is 12.7 Å². The van der Waals surface area contributed by atoms with Crippen LogP contribution in [0.2, 0.25) is 0 Å². The third-order valence-electron chi connectivity index (χ3n) is 3.72. The van der Waals surface area contributed by atoms with Crippen molar-refractivity contribution in [2.45, 2.75) is 18.2 Å². The summed E-state index contributed by atoms with van der Waals surface area (Å²) >= 11 is 0. The molecule has 130 valence electrons. The van der Waals surface area contributed by atoms with Crippen molar-refractivity contribution in [1.82, 2.24) is 9.97 Å². The molecule has 1 aromatic heterocycles. The maximum atomic E-state index is 14.0. The molecule has 1 heterocycles. The zero-order valence-corrected chi connectivity index (χ0v) is 14.2. The fraction of sp³-hybridized carbons (Fsp3) is 0.125. The Bertz CT molecular complexity index is 1090. The third-order valence-corrected chi connectivity index (χ3v) is 5.07. The summed E-state index contributed by atoms with van der Waals surface area (Å²) in [7, 11) is 1.38. The van der Waals surface area contributed by atoms with Crippen molar-refractivity contribution in [3.05, 3.63) is 53.6 Å². The van der Waals surface area contributed by atoms with E-state index >= 15 is 0 Å². The molecule has 0 spiro atoms. The van der Waals surface area contributed by atoms with E-state index in [0.29, 0.717) is 22.2 Å². The van der Waals surface area contributed by atoms with Gasteiger partial charge < -0.3 is 0 Å². The van der Waals surface area contributed by atoms with Gasteiger partial charge in [-0.05, 0) is 42.8 Å². The average molecular weight is 387 g/mol. The van der Waals surface area contributed by atoms with Gasteiger partial charge >= 0.3 is 0 Å². The molecule has 0 unspecified atom stereocenters. The number of rotatable bonds is 3. The molecule has 0 saturated heterocycles. The largest absolute Gasteiger partial charge is 0.266 e. The standard InChI is InChI=1S/C16H10ClF3N2O2S/c1-8-4-12(16(19)20)13(18)6-11(8)15-10-3-2-9(25(17,23)24)5-14(10)21-7-22-15/h2-7,16H,1H3. The Kier molecular flexibility index (Phi) is 4.42. The summed E-state index contributed by atoms with van der Waals surface area (Å²) in [4.78, 5) is 7.95. The van der Waals surface area contributed by atoms with Gasteiger partial charge in [0.1, 0.15) is 12.1 Å². The number of nitrogens with zero attached hydrogens (tertiary/aromatic N) is 2. The molecule has 9 heteroatoms. The lowest BCUT2D eigenvalue weighted by Gasteiger charge is -2.11. The molecule has 0 N–H and O–H groups in total. The van der Waals surface area contributed by atoms with E-state index in [-0.39, 0.29) is 10.4 Å². The van der Waals surface area contributed by atoms with E-state index in [4.69, 9.17) is 10.7 Å². The highest BCUT2D eigenvalue weighted by molar-refractivity contribution is 8.13. The predicted molar refractivity (Wildman–Crippen MR) is 87.7 cm³/mol. The number of alkyl halides is 2. The average Bonchev–Trinajstić information content (AvgIpc) is 2.54. The summed E-state index contributed by atoms with van der Waals surface area (Å²) in [5.41, 5.74) is 0.627. The maximum absolute atomic E-state index is 14.0. The molecule has 2 aromatic carbocycles. The molecular weight excluding hydrogens is 377 g/mol. The second-order valence-corrected chi connectivity index (χ2v) is 7.89. The minimum absolute atomic E-state index is 0.137. The van der Waals surface area contributed by atoms with Gasteiger partial charge in [-0.25, -0.2) is 31.6 Å². The Balaban J connectivity index is 2.25. The number of halogens is 4. The highest BCUT2D eigenvalue weighted by Gasteiger charge is 2.19. The lowest BCUT2D eigenvalue weighted by molar-refractivity contribution is 0.146. The van der Waals surface area contributed by atoms with E-state index in [1.807, 2.05) is 0 Å². The summed E-state index contributed by atoms with van der Waals surface area (Å²) in [6.45, 7) is 1.56. The van der Waals surface area contributed by atoms with Crippen molar-refractivity contribution in [2.75, 3.05) is 0 Å². The highest BCUT2D eigenvalue weighted by Crippen LogP contribution is 2.33. The van der Waals surface area contributed by atoms with E-state index in [1.165, 1.54) is 24.5 Å². The van der Waals surface area contributed by atoms with E-state index in [0.717, 1.165) is 12.1 Å². The SMILES string of the molecule is Cc1cc(C(F)F)c(F)cc1-c1ncnc2cc(S(=O)(=O)Cl)ccc12. The summed E-state index contributed by atoms with van der Waals surface area (Å²) in [5, 5.41) is 0.443. The number of hydrogen-bond acceptors (Lipinski definition) is 4. The van der Waals surface area contributed by atoms with Gasteiger partial charge in [-0.15, -0.1) is 0 Å². The first kappa shape index (κ1) is 17.6. The molecule has 0 atom stereocenters. The molecule has 4 nitrogen and oxygen atoms in total. The van der Waals surface area contributed by atoms with Gasteiger partial charge in [0, 0.05) is 21.6 Å². The van der Waals surface area contributed by atoms with Crippen LogP contribution in [0.5, 0.6) is 0 Å². The number of aryl methyl sites for hydroxylation is 1. The summed E-state index contributed by atoms with van der Waals surface area (Å²) in [5.74, 6) is -1.04. The number of aromatic nitrogens is 2. The van der Waals surface area contributed by atoms with E-state index in [1.54, 1.807) is 6.92 Å². The fourth-order valence-corrected chi connectivity index (χ4v) is 3.30. The monoisotopic (exact) mass is 386 g/mol. The Morgan fingerprint density at radius 1 is 1.12 bits per heavy atom. The van der Waals surface area contributed by atoms with Crippen LogP contribution in [-0.4, -0.2) is 18.4 Å². The first-order valence-electron chi connectivity index (χ1n) is 6.96. The van der Waals surface area contributed by atoms with Gasteiger partial charge in [-0.3, -0.25) is 0 Å². The van der Waals surface area contributed by atoms with Crippen molar-refractivity contribution >= 4 is 30.6 Å². The second kappa shape index (κ2) is 6.27. The summed E-state index contributed by atoms with van der Waals surface area (Å²) < 4.78 is 62.5. The Hall–Kier alpha value is -2.19. The van der Waals surface area contributed by atoms with Gasteiger partial charge in [0.25, 0.3) is 15.5 Å². The van der Waals surface area contributed by atoms with Gasteiger partial charge in [-0.2, -0.15) is 0 Å². The molecule has 0 saturated carbocycles. The van der Waals surface area contributed by atoms with Crippen LogP contribution >= 0.6 is 10.7 Å². The van der Waals surface area contributed by atoms with Crippen LogP contribution in [0.3, 0.4) is 0 Å². The molecule has 3 rings (SSSR count). The van der Waals surface area contributed by atoms with Crippen molar-refractivity contribution in [1.29, 1.82) is 0 Å². The Morgan fingerprint density at radius 2 is 1.84 bits per heavy atom.